The molecule has 1 aromatic rings. The lowest BCUT2D eigenvalue weighted by atomic mass is 10.2. The lowest BCUT2D eigenvalue weighted by Crippen LogP contribution is -1.91. The van der Waals surface area contributed by atoms with E-state index in [1.807, 2.05) is 43.3 Å². The fourth-order valence-corrected chi connectivity index (χ4v) is 1.05. The molecule has 0 heterocycles. The molecule has 0 aliphatic heterocycles. The number of ether oxygens (including phenoxy) is 1. The van der Waals surface area contributed by atoms with Crippen LogP contribution in [0, 0.1) is 0 Å². The molecule has 1 aromatic carbocycles. The first-order valence-electron chi connectivity index (χ1n) is 4.26. The zero-order chi connectivity index (χ0) is 9.52. The van der Waals surface area contributed by atoms with Gasteiger partial charge in [-0.05, 0) is 24.6 Å². The van der Waals surface area contributed by atoms with E-state index in [1.54, 1.807) is 0 Å². The van der Waals surface area contributed by atoms with Crippen molar-refractivity contribution in [3.05, 3.63) is 47.0 Å². The normalized spacial score (nSPS) is 10.9. The van der Waals surface area contributed by atoms with E-state index in [4.69, 9.17) is 16.3 Å². The van der Waals surface area contributed by atoms with Gasteiger partial charge in [0.2, 0.25) is 0 Å². The Labute approximate surface area is 84.0 Å². The van der Waals surface area contributed by atoms with Gasteiger partial charge in [0.05, 0.1) is 13.2 Å². The van der Waals surface area contributed by atoms with Crippen LogP contribution in [0.1, 0.15) is 12.5 Å². The van der Waals surface area contributed by atoms with Crippen LogP contribution in [-0.4, -0.2) is 6.61 Å². The van der Waals surface area contributed by atoms with Gasteiger partial charge in [-0.3, -0.25) is 0 Å². The maximum atomic E-state index is 5.74. The molecule has 0 saturated carbocycles. The molecule has 0 unspecified atom stereocenters. The van der Waals surface area contributed by atoms with Crippen molar-refractivity contribution in [3.63, 3.8) is 0 Å². The lowest BCUT2D eigenvalue weighted by Gasteiger charge is -2.00. The first kappa shape index (κ1) is 10.3. The molecule has 13 heavy (non-hydrogen) atoms. The Kier molecular flexibility index (Phi) is 4.58. The number of hydrogen-bond acceptors (Lipinski definition) is 1. The predicted octanol–water partition coefficient (Wildman–Crippen LogP) is 3.43. The molecule has 0 aliphatic rings. The maximum Gasteiger partial charge on any atom is 0.0721 e. The largest absolute Gasteiger partial charge is 0.373 e. The minimum atomic E-state index is 0.640. The van der Waals surface area contributed by atoms with E-state index in [0.717, 1.165) is 10.6 Å². The molecular formula is C11H13ClO. The third-order valence-electron chi connectivity index (χ3n) is 1.63. The van der Waals surface area contributed by atoms with Crippen molar-refractivity contribution >= 4 is 11.6 Å². The molecule has 0 atom stereocenters. The average Bonchev–Trinajstić information content (AvgIpc) is 2.15. The Morgan fingerprint density at radius 2 is 2.00 bits per heavy atom. The number of allylic oxidation sites excluding steroid dienone is 1. The summed E-state index contributed by atoms with van der Waals surface area (Å²) < 4.78 is 5.37. The zero-order valence-corrected chi connectivity index (χ0v) is 8.42. The molecule has 1 rings (SSSR count). The summed E-state index contributed by atoms with van der Waals surface area (Å²) >= 11 is 5.74. The molecule has 0 fully saturated rings. The summed E-state index contributed by atoms with van der Waals surface area (Å²) in [5, 5.41) is 0.761. The molecule has 70 valence electrons. The van der Waals surface area contributed by atoms with Gasteiger partial charge in [-0.1, -0.05) is 35.9 Å². The maximum absolute atomic E-state index is 5.74. The summed E-state index contributed by atoms with van der Waals surface area (Å²) in [6.45, 7) is 3.28. The Morgan fingerprint density at radius 1 is 1.31 bits per heavy atom. The van der Waals surface area contributed by atoms with Gasteiger partial charge in [-0.25, -0.2) is 0 Å². The Balaban J connectivity index is 2.33. The van der Waals surface area contributed by atoms with Gasteiger partial charge in [0.1, 0.15) is 0 Å². The second-order valence-corrected chi connectivity index (χ2v) is 3.15. The molecule has 0 aromatic heterocycles. The highest BCUT2D eigenvalue weighted by molar-refractivity contribution is 6.30. The van der Waals surface area contributed by atoms with E-state index < -0.39 is 0 Å². The van der Waals surface area contributed by atoms with Crippen molar-refractivity contribution in [1.82, 2.24) is 0 Å². The Bertz CT molecular complexity index is 264. The summed E-state index contributed by atoms with van der Waals surface area (Å²) in [5.41, 5.74) is 1.15. The average molecular weight is 197 g/mol. The molecule has 0 aliphatic carbocycles. The molecular weight excluding hydrogens is 184 g/mol. The van der Waals surface area contributed by atoms with E-state index in [0.29, 0.717) is 13.2 Å². The van der Waals surface area contributed by atoms with Crippen LogP contribution in [0.15, 0.2) is 36.4 Å². The molecule has 0 bridgehead atoms. The van der Waals surface area contributed by atoms with Crippen molar-refractivity contribution in [2.24, 2.45) is 0 Å². The molecule has 0 saturated heterocycles. The van der Waals surface area contributed by atoms with E-state index in [1.165, 1.54) is 0 Å². The summed E-state index contributed by atoms with van der Waals surface area (Å²) in [4.78, 5) is 0. The van der Waals surface area contributed by atoms with Gasteiger partial charge in [-0.2, -0.15) is 0 Å². The second-order valence-electron chi connectivity index (χ2n) is 2.71. The third kappa shape index (κ3) is 4.11. The fraction of sp³-hybridized carbons (Fsp3) is 0.273. The summed E-state index contributed by atoms with van der Waals surface area (Å²) in [5.74, 6) is 0. The van der Waals surface area contributed by atoms with Crippen molar-refractivity contribution in [1.29, 1.82) is 0 Å². The van der Waals surface area contributed by atoms with Gasteiger partial charge >= 0.3 is 0 Å². The highest BCUT2D eigenvalue weighted by Crippen LogP contribution is 2.09. The first-order chi connectivity index (χ1) is 6.33. The standard InChI is InChI=1S/C11H13ClO/c1-2-3-8-13-9-10-4-6-11(12)7-5-10/h2-7H,8-9H2,1H3. The van der Waals surface area contributed by atoms with Crippen LogP contribution < -0.4 is 0 Å². The lowest BCUT2D eigenvalue weighted by molar-refractivity contribution is 0.148. The molecule has 2 heteroatoms. The number of hydrogen-bond donors (Lipinski definition) is 0. The van der Waals surface area contributed by atoms with Gasteiger partial charge in [0.25, 0.3) is 0 Å². The Hall–Kier alpha value is -0.790. The van der Waals surface area contributed by atoms with Gasteiger partial charge < -0.3 is 4.74 Å². The number of halogens is 1. The van der Waals surface area contributed by atoms with Crippen LogP contribution in [0.5, 0.6) is 0 Å². The van der Waals surface area contributed by atoms with Crippen molar-refractivity contribution in [2.45, 2.75) is 13.5 Å². The van der Waals surface area contributed by atoms with Crippen LogP contribution in [-0.2, 0) is 11.3 Å². The SMILES string of the molecule is CC=CCOCc1ccc(Cl)cc1. The summed E-state index contributed by atoms with van der Waals surface area (Å²) in [6, 6.07) is 7.68. The van der Waals surface area contributed by atoms with Crippen LogP contribution in [0.4, 0.5) is 0 Å². The van der Waals surface area contributed by atoms with E-state index in [9.17, 15) is 0 Å². The predicted molar refractivity (Wildman–Crippen MR) is 55.9 cm³/mol. The van der Waals surface area contributed by atoms with Crippen LogP contribution in [0.25, 0.3) is 0 Å². The topological polar surface area (TPSA) is 9.23 Å². The highest BCUT2D eigenvalue weighted by atomic mass is 35.5. The molecule has 0 amide bonds. The monoisotopic (exact) mass is 196 g/mol. The van der Waals surface area contributed by atoms with E-state index in [-0.39, 0.29) is 0 Å². The first-order valence-corrected chi connectivity index (χ1v) is 4.64. The minimum Gasteiger partial charge on any atom is -0.373 e. The minimum absolute atomic E-state index is 0.640. The number of rotatable bonds is 4. The van der Waals surface area contributed by atoms with E-state index >= 15 is 0 Å². The van der Waals surface area contributed by atoms with E-state index in [2.05, 4.69) is 0 Å². The highest BCUT2D eigenvalue weighted by Gasteiger charge is 1.91. The summed E-state index contributed by atoms with van der Waals surface area (Å²) in [6.07, 6.45) is 3.96. The molecule has 1 nitrogen and oxygen atoms in total. The quantitative estimate of drug-likeness (QED) is 0.530. The van der Waals surface area contributed by atoms with Crippen LogP contribution in [0.2, 0.25) is 5.02 Å². The molecule has 0 spiro atoms. The van der Waals surface area contributed by atoms with Crippen LogP contribution >= 0.6 is 11.6 Å². The summed E-state index contributed by atoms with van der Waals surface area (Å²) in [7, 11) is 0. The van der Waals surface area contributed by atoms with Gasteiger partial charge in [0, 0.05) is 5.02 Å². The third-order valence-corrected chi connectivity index (χ3v) is 1.88. The van der Waals surface area contributed by atoms with Crippen molar-refractivity contribution < 1.29 is 4.74 Å². The van der Waals surface area contributed by atoms with Crippen molar-refractivity contribution in [3.8, 4) is 0 Å². The van der Waals surface area contributed by atoms with Crippen molar-refractivity contribution in [2.75, 3.05) is 6.61 Å². The zero-order valence-electron chi connectivity index (χ0n) is 7.66. The number of benzene rings is 1. The molecule has 0 radical (unpaired) electrons. The Morgan fingerprint density at radius 3 is 2.62 bits per heavy atom. The second kappa shape index (κ2) is 5.79. The molecule has 0 N–H and O–H groups in total. The van der Waals surface area contributed by atoms with Gasteiger partial charge in [-0.15, -0.1) is 0 Å². The fourth-order valence-electron chi connectivity index (χ4n) is 0.922. The van der Waals surface area contributed by atoms with Crippen LogP contribution in [0.3, 0.4) is 0 Å². The smallest absolute Gasteiger partial charge is 0.0721 e. The van der Waals surface area contributed by atoms with Gasteiger partial charge in [0.15, 0.2) is 0 Å².